The van der Waals surface area contributed by atoms with E-state index < -0.39 is 13.9 Å². The molecule has 1 atom stereocenters. The molecule has 0 amide bonds. The van der Waals surface area contributed by atoms with Gasteiger partial charge in [-0.25, -0.2) is 0 Å². The van der Waals surface area contributed by atoms with Gasteiger partial charge in [-0.05, 0) is 0 Å². The van der Waals surface area contributed by atoms with Crippen LogP contribution in [0.1, 0.15) is 6.42 Å². The maximum absolute atomic E-state index is 7.50. The first-order chi connectivity index (χ1) is 9.36. The normalized spacial score (nSPS) is 18.5. The topological polar surface area (TPSA) is 73.0 Å². The minimum Gasteiger partial charge on any atom is -0.281 e. The fraction of sp³-hybridized carbons (Fsp3) is 0.462. The Balaban J connectivity index is 0. The predicted octanol–water partition coefficient (Wildman–Crippen LogP) is 0.678. The zero-order valence-electron chi connectivity index (χ0n) is 10.6. The number of epoxide rings is 1. The Bertz CT molecular complexity index is 271. The number of carbonyl (C=O) groups excluding carboxylic acids is 3. The maximum atomic E-state index is 7.50. The van der Waals surface area contributed by atoms with Gasteiger partial charge < -0.3 is 0 Å². The second-order valence-electron chi connectivity index (χ2n) is 3.27. The molecule has 6 radical (unpaired) electrons. The number of hydrogen-bond acceptors (Lipinski definition) is 5. The average Bonchev–Trinajstić information content (AvgIpc) is 3.16. The zero-order valence-corrected chi connectivity index (χ0v) is 11.7. The second-order valence-corrected chi connectivity index (χ2v) is 6.21. The van der Waals surface area contributed by atoms with Crippen molar-refractivity contribution in [2.75, 3.05) is 18.7 Å². The molecule has 0 aromatic heterocycles. The van der Waals surface area contributed by atoms with Gasteiger partial charge in [-0.15, -0.1) is 0 Å². The Hall–Kier alpha value is -1.07. The van der Waals surface area contributed by atoms with Gasteiger partial charge in [0.25, 0.3) is 20.4 Å². The summed E-state index contributed by atoms with van der Waals surface area (Å²) in [4.78, 5) is 22.5. The van der Waals surface area contributed by atoms with Crippen molar-refractivity contribution in [2.45, 2.75) is 18.3 Å². The van der Waals surface area contributed by atoms with Crippen molar-refractivity contribution in [3.8, 4) is 0 Å². The van der Waals surface area contributed by atoms with E-state index in [0.717, 1.165) is 25.1 Å². The number of rotatable bonds is 5. The van der Waals surface area contributed by atoms with Gasteiger partial charge in [0.15, 0.2) is 0 Å². The molecule has 1 fully saturated rings. The van der Waals surface area contributed by atoms with Crippen molar-refractivity contribution in [3.63, 3.8) is 0 Å². The maximum Gasteiger partial charge on any atom is 0.281 e. The van der Waals surface area contributed by atoms with E-state index >= 15 is 0 Å². The van der Waals surface area contributed by atoms with Crippen molar-refractivity contribution in [1.29, 1.82) is 0 Å². The molecule has 1 aliphatic heterocycles. The van der Waals surface area contributed by atoms with Crippen molar-refractivity contribution >= 4 is 20.4 Å². The molecule has 19 heavy (non-hydrogen) atoms. The Kier molecular flexibility index (Phi) is 16.0. The number of ether oxygens (including phenoxy) is 2. The van der Waals surface area contributed by atoms with Crippen LogP contribution in [0, 0.1) is 0 Å². The summed E-state index contributed by atoms with van der Waals surface area (Å²) in [5, 5.41) is 0. The SMILES string of the molecule is [CH3][Mn]([CH2]OCC1CO1)[C]1=CC=CC1.[C]=O.[C]=O.[C]=O. The first kappa shape index (κ1) is 20.3. The molecule has 0 aromatic carbocycles. The second kappa shape index (κ2) is 15.0. The monoisotopic (exact) mass is 306 g/mol. The minimum atomic E-state index is -0.436. The van der Waals surface area contributed by atoms with E-state index in [1.807, 2.05) is 0 Å². The van der Waals surface area contributed by atoms with Crippen LogP contribution in [0.4, 0.5) is 0 Å². The van der Waals surface area contributed by atoms with Crippen LogP contribution in [0.5, 0.6) is 0 Å². The summed E-state index contributed by atoms with van der Waals surface area (Å²) in [6.07, 6.45) is 8.16. The Morgan fingerprint density at radius 1 is 1.32 bits per heavy atom. The molecule has 0 saturated carbocycles. The fourth-order valence-electron chi connectivity index (χ4n) is 1.19. The molecule has 1 unspecified atom stereocenters. The average molecular weight is 306 g/mol. The zero-order chi connectivity index (χ0) is 15.1. The number of hydrogen-bond donors (Lipinski definition) is 0. The van der Waals surface area contributed by atoms with Gasteiger partial charge in [-0.1, -0.05) is 0 Å². The first-order valence-electron chi connectivity index (χ1n) is 5.08. The fourth-order valence-corrected chi connectivity index (χ4v) is 2.91. The molecule has 5 nitrogen and oxygen atoms in total. The summed E-state index contributed by atoms with van der Waals surface area (Å²) in [6, 6.07) is 0. The van der Waals surface area contributed by atoms with Crippen LogP contribution in [0.15, 0.2) is 22.7 Å². The van der Waals surface area contributed by atoms with Crippen LogP contribution in [-0.4, -0.2) is 45.2 Å². The molecule has 0 N–H and O–H groups in total. The van der Waals surface area contributed by atoms with E-state index in [-0.39, 0.29) is 0 Å². The van der Waals surface area contributed by atoms with Gasteiger partial charge in [0.05, 0.1) is 0 Å². The van der Waals surface area contributed by atoms with Gasteiger partial charge in [-0.2, -0.15) is 0 Å². The van der Waals surface area contributed by atoms with Crippen LogP contribution in [0.2, 0.25) is 5.82 Å². The van der Waals surface area contributed by atoms with E-state index in [1.54, 1.807) is 4.47 Å². The molecule has 1 heterocycles. The van der Waals surface area contributed by atoms with E-state index in [2.05, 4.69) is 44.4 Å². The molecule has 1 aliphatic carbocycles. The third kappa shape index (κ3) is 10.5. The Labute approximate surface area is 118 Å². The smallest absolute Gasteiger partial charge is 0.281 e. The van der Waals surface area contributed by atoms with Gasteiger partial charge >= 0.3 is 83.1 Å². The van der Waals surface area contributed by atoms with Crippen LogP contribution in [-0.2, 0) is 37.8 Å². The molecule has 0 bridgehead atoms. The molecule has 2 aliphatic rings. The molecule has 104 valence electrons. The van der Waals surface area contributed by atoms with Crippen molar-refractivity contribution in [2.24, 2.45) is 0 Å². The van der Waals surface area contributed by atoms with E-state index in [9.17, 15) is 0 Å². The van der Waals surface area contributed by atoms with Crippen LogP contribution >= 0.6 is 0 Å². The minimum absolute atomic E-state index is 0.408. The van der Waals surface area contributed by atoms with Gasteiger partial charge in [0.1, 0.15) is 0 Å². The van der Waals surface area contributed by atoms with E-state index in [1.165, 1.54) is 0 Å². The Morgan fingerprint density at radius 2 is 1.89 bits per heavy atom. The summed E-state index contributed by atoms with van der Waals surface area (Å²) in [7, 11) is 0. The predicted molar refractivity (Wildman–Crippen MR) is 65.3 cm³/mol. The van der Waals surface area contributed by atoms with Crippen LogP contribution in [0.3, 0.4) is 0 Å². The molecule has 2 rings (SSSR count). The van der Waals surface area contributed by atoms with Gasteiger partial charge in [-0.3, -0.25) is 14.4 Å². The quantitative estimate of drug-likeness (QED) is 0.551. The summed E-state index contributed by atoms with van der Waals surface area (Å²) in [5.74, 6) is 2.32. The van der Waals surface area contributed by atoms with Crippen molar-refractivity contribution in [1.82, 2.24) is 0 Å². The standard InChI is InChI=1S/C5H5.C4H7O2.3CO.CH3.Mn/c1-2-4-5-3-1;1-5-2-4-3-6-4;3*1-2;;/h1-3H,4H2;4H,1-3H2;;;;1H3;. The molecular formula is C13H15MnO5. The van der Waals surface area contributed by atoms with Crippen molar-refractivity contribution in [3.05, 3.63) is 22.7 Å². The number of allylic oxidation sites excluding steroid dienone is 4. The van der Waals surface area contributed by atoms with Crippen LogP contribution < -0.4 is 0 Å². The third-order valence-corrected chi connectivity index (χ3v) is 4.57. The molecule has 1 saturated heterocycles. The largest absolute Gasteiger partial charge is 0.281 e. The Morgan fingerprint density at radius 3 is 2.32 bits per heavy atom. The summed E-state index contributed by atoms with van der Waals surface area (Å²) >= 11 is -0.436. The summed E-state index contributed by atoms with van der Waals surface area (Å²) in [6.45, 7) is 15.2. The molecule has 6 heteroatoms. The third-order valence-electron chi connectivity index (χ3n) is 2.09. The van der Waals surface area contributed by atoms with E-state index in [0.29, 0.717) is 6.10 Å². The first-order valence-corrected chi connectivity index (χ1v) is 7.69. The molecular weight excluding hydrogens is 291 g/mol. The summed E-state index contributed by atoms with van der Waals surface area (Å²) in [5.41, 5.74) is 0.931. The molecule has 0 spiro atoms. The van der Waals surface area contributed by atoms with Crippen molar-refractivity contribution < 1.29 is 37.8 Å². The summed E-state index contributed by atoms with van der Waals surface area (Å²) < 4.78 is 12.2. The van der Waals surface area contributed by atoms with Crippen LogP contribution in [0.25, 0.3) is 0 Å². The molecule has 0 aromatic rings. The van der Waals surface area contributed by atoms with Gasteiger partial charge in [0, 0.05) is 0 Å². The van der Waals surface area contributed by atoms with E-state index in [4.69, 9.17) is 23.9 Å². The van der Waals surface area contributed by atoms with Gasteiger partial charge in [0.2, 0.25) is 0 Å².